The molecule has 1 fully saturated rings. The van der Waals surface area contributed by atoms with Gasteiger partial charge in [-0.2, -0.15) is 0 Å². The quantitative estimate of drug-likeness (QED) is 0.589. The van der Waals surface area contributed by atoms with Gasteiger partial charge in [-0.25, -0.2) is 13.2 Å². The number of rotatable bonds is 6. The van der Waals surface area contributed by atoms with Crippen molar-refractivity contribution >= 4 is 11.7 Å². The predicted octanol–water partition coefficient (Wildman–Crippen LogP) is 2.95. The number of likely N-dealkylation sites (tertiary alicyclic amines) is 1. The number of hydrogen-bond donors (Lipinski definition) is 0. The Morgan fingerprint density at radius 2 is 1.75 bits per heavy atom. The lowest BCUT2D eigenvalue weighted by Crippen LogP contribution is -2.40. The zero-order chi connectivity index (χ0) is 17.7. The Balaban J connectivity index is 1.95. The molecule has 0 saturated carbocycles. The number of benzene rings is 1. The number of piperidine rings is 1. The van der Waals surface area contributed by atoms with Crippen LogP contribution in [0, 0.1) is 23.4 Å². The summed E-state index contributed by atoms with van der Waals surface area (Å²) in [6.07, 6.45) is 0.929. The van der Waals surface area contributed by atoms with Gasteiger partial charge in [0.05, 0.1) is 18.6 Å². The fraction of sp³-hybridized carbons (Fsp3) is 0.529. The molecule has 1 aromatic rings. The Morgan fingerprint density at radius 1 is 1.17 bits per heavy atom. The van der Waals surface area contributed by atoms with Gasteiger partial charge in [-0.15, -0.1) is 0 Å². The van der Waals surface area contributed by atoms with Gasteiger partial charge in [0.25, 0.3) is 0 Å². The predicted molar refractivity (Wildman–Crippen MR) is 81.1 cm³/mol. The highest BCUT2D eigenvalue weighted by molar-refractivity contribution is 5.98. The second kappa shape index (κ2) is 8.28. The van der Waals surface area contributed by atoms with E-state index in [9.17, 15) is 22.8 Å². The molecule has 0 atom stereocenters. The Morgan fingerprint density at radius 3 is 2.29 bits per heavy atom. The van der Waals surface area contributed by atoms with Crippen molar-refractivity contribution in [2.45, 2.75) is 26.2 Å². The van der Waals surface area contributed by atoms with Crippen LogP contribution < -0.4 is 0 Å². The molecule has 0 bridgehead atoms. The van der Waals surface area contributed by atoms with Gasteiger partial charge in [0.1, 0.15) is 17.5 Å². The first kappa shape index (κ1) is 18.4. The molecule has 1 aromatic carbocycles. The number of halogens is 3. The highest BCUT2D eigenvalue weighted by Crippen LogP contribution is 2.25. The van der Waals surface area contributed by atoms with Crippen molar-refractivity contribution in [1.82, 2.24) is 4.90 Å². The number of Topliss-reactive ketones (excluding diaryl/α,β-unsaturated/α-hetero) is 1. The molecular weight excluding hydrogens is 323 g/mol. The highest BCUT2D eigenvalue weighted by atomic mass is 19.1. The normalized spacial score (nSPS) is 15.6. The standard InChI is InChI=1S/C17H20F3NO3/c1-2-24-8-5-15(22)21-6-3-11(4-7-21)17(23)16-13(19)9-12(18)10-14(16)20/h9-11H,2-8H2,1H3. The first-order valence-corrected chi connectivity index (χ1v) is 7.98. The third-order valence-corrected chi connectivity index (χ3v) is 4.14. The summed E-state index contributed by atoms with van der Waals surface area (Å²) in [5.74, 6) is -4.74. The van der Waals surface area contributed by atoms with Gasteiger partial charge < -0.3 is 9.64 Å². The molecule has 0 aromatic heterocycles. The molecule has 24 heavy (non-hydrogen) atoms. The summed E-state index contributed by atoms with van der Waals surface area (Å²) in [5.41, 5.74) is -0.697. The van der Waals surface area contributed by atoms with Crippen molar-refractivity contribution in [3.05, 3.63) is 35.1 Å². The summed E-state index contributed by atoms with van der Waals surface area (Å²) in [5, 5.41) is 0. The molecule has 0 radical (unpaired) electrons. The number of hydrogen-bond acceptors (Lipinski definition) is 3. The van der Waals surface area contributed by atoms with Crippen LogP contribution in [0.25, 0.3) is 0 Å². The summed E-state index contributed by atoms with van der Waals surface area (Å²) < 4.78 is 45.5. The van der Waals surface area contributed by atoms with E-state index < -0.39 is 34.7 Å². The largest absolute Gasteiger partial charge is 0.381 e. The van der Waals surface area contributed by atoms with Gasteiger partial charge in [-0.3, -0.25) is 9.59 Å². The molecular formula is C17H20F3NO3. The summed E-state index contributed by atoms with van der Waals surface area (Å²) in [6.45, 7) is 3.44. The maximum atomic E-state index is 13.7. The van der Waals surface area contributed by atoms with Gasteiger partial charge in [0.15, 0.2) is 5.78 Å². The minimum atomic E-state index is -1.19. The molecule has 0 N–H and O–H groups in total. The average Bonchev–Trinajstić information content (AvgIpc) is 2.54. The van der Waals surface area contributed by atoms with Crippen LogP contribution in [0.5, 0.6) is 0 Å². The Kier molecular flexibility index (Phi) is 6.36. The van der Waals surface area contributed by atoms with E-state index in [1.54, 1.807) is 4.90 Å². The van der Waals surface area contributed by atoms with Crippen molar-refractivity contribution in [2.24, 2.45) is 5.92 Å². The van der Waals surface area contributed by atoms with Crippen molar-refractivity contribution in [1.29, 1.82) is 0 Å². The Hall–Kier alpha value is -1.89. The van der Waals surface area contributed by atoms with Gasteiger partial charge in [-0.1, -0.05) is 0 Å². The summed E-state index contributed by atoms with van der Waals surface area (Å²) >= 11 is 0. The number of carbonyl (C=O) groups excluding carboxylic acids is 2. The molecule has 132 valence electrons. The van der Waals surface area contributed by atoms with Crippen LogP contribution in [0.3, 0.4) is 0 Å². The van der Waals surface area contributed by atoms with Crippen LogP contribution in [0.15, 0.2) is 12.1 Å². The minimum Gasteiger partial charge on any atom is -0.381 e. The zero-order valence-corrected chi connectivity index (χ0v) is 13.5. The van der Waals surface area contributed by atoms with Crippen LogP contribution in [0.2, 0.25) is 0 Å². The molecule has 1 amide bonds. The third kappa shape index (κ3) is 4.35. The molecule has 7 heteroatoms. The van der Waals surface area contributed by atoms with Crippen molar-refractivity contribution in [2.75, 3.05) is 26.3 Å². The van der Waals surface area contributed by atoms with Crippen molar-refractivity contribution in [3.63, 3.8) is 0 Å². The van der Waals surface area contributed by atoms with Crippen molar-refractivity contribution < 1.29 is 27.5 Å². The van der Waals surface area contributed by atoms with E-state index in [2.05, 4.69) is 0 Å². The average molecular weight is 343 g/mol. The van der Waals surface area contributed by atoms with Crippen molar-refractivity contribution in [3.8, 4) is 0 Å². The molecule has 1 aliphatic heterocycles. The monoisotopic (exact) mass is 343 g/mol. The summed E-state index contributed by atoms with van der Waals surface area (Å²) in [7, 11) is 0. The second-order valence-electron chi connectivity index (χ2n) is 5.71. The molecule has 0 aliphatic carbocycles. The molecule has 1 heterocycles. The number of nitrogens with zero attached hydrogens (tertiary/aromatic N) is 1. The van der Waals surface area contributed by atoms with E-state index in [0.29, 0.717) is 51.3 Å². The Labute approximate surface area is 138 Å². The SMILES string of the molecule is CCOCCC(=O)N1CCC(C(=O)c2c(F)cc(F)cc2F)CC1. The second-order valence-corrected chi connectivity index (χ2v) is 5.71. The number of ether oxygens (including phenoxy) is 1. The van der Waals surface area contributed by atoms with Gasteiger partial charge in [0, 0.05) is 37.7 Å². The van der Waals surface area contributed by atoms with E-state index in [4.69, 9.17) is 4.74 Å². The molecule has 0 unspecified atom stereocenters. The lowest BCUT2D eigenvalue weighted by Gasteiger charge is -2.31. The first-order valence-electron chi connectivity index (χ1n) is 7.98. The lowest BCUT2D eigenvalue weighted by atomic mass is 9.88. The van der Waals surface area contributed by atoms with E-state index in [1.807, 2.05) is 6.92 Å². The minimum absolute atomic E-state index is 0.0616. The van der Waals surface area contributed by atoms with Crippen LogP contribution in [-0.2, 0) is 9.53 Å². The van der Waals surface area contributed by atoms with Gasteiger partial charge in [-0.05, 0) is 19.8 Å². The van der Waals surface area contributed by atoms with E-state index in [0.717, 1.165) is 0 Å². The molecule has 0 spiro atoms. The Bertz CT molecular complexity index is 590. The smallest absolute Gasteiger partial charge is 0.224 e. The van der Waals surface area contributed by atoms with Crippen LogP contribution in [0.4, 0.5) is 13.2 Å². The summed E-state index contributed by atoms with van der Waals surface area (Å²) in [6, 6.07) is 1.01. The lowest BCUT2D eigenvalue weighted by molar-refractivity contribution is -0.133. The highest BCUT2D eigenvalue weighted by Gasteiger charge is 2.31. The molecule has 4 nitrogen and oxygen atoms in total. The number of carbonyl (C=O) groups is 2. The van der Waals surface area contributed by atoms with E-state index in [1.165, 1.54) is 0 Å². The number of amides is 1. The fourth-order valence-corrected chi connectivity index (χ4v) is 2.83. The van der Waals surface area contributed by atoms with Crippen LogP contribution >= 0.6 is 0 Å². The number of ketones is 1. The van der Waals surface area contributed by atoms with Crippen LogP contribution in [-0.4, -0.2) is 42.9 Å². The van der Waals surface area contributed by atoms with Gasteiger partial charge in [0.2, 0.25) is 5.91 Å². The van der Waals surface area contributed by atoms with E-state index in [-0.39, 0.29) is 12.3 Å². The molecule has 1 aliphatic rings. The maximum Gasteiger partial charge on any atom is 0.224 e. The fourth-order valence-electron chi connectivity index (χ4n) is 2.83. The van der Waals surface area contributed by atoms with Crippen LogP contribution in [0.1, 0.15) is 36.5 Å². The molecule has 2 rings (SSSR count). The summed E-state index contributed by atoms with van der Waals surface area (Å²) in [4.78, 5) is 25.9. The maximum absolute atomic E-state index is 13.7. The van der Waals surface area contributed by atoms with Gasteiger partial charge >= 0.3 is 0 Å². The first-order chi connectivity index (χ1) is 11.4. The van der Waals surface area contributed by atoms with E-state index >= 15 is 0 Å². The topological polar surface area (TPSA) is 46.6 Å². The zero-order valence-electron chi connectivity index (χ0n) is 13.5. The molecule has 1 saturated heterocycles. The third-order valence-electron chi connectivity index (χ3n) is 4.14.